The highest BCUT2D eigenvalue weighted by atomic mass is 15.3. The normalized spacial score (nSPS) is 10.9. The summed E-state index contributed by atoms with van der Waals surface area (Å²) in [7, 11) is 0. The van der Waals surface area contributed by atoms with E-state index in [2.05, 4.69) is 53.5 Å². The van der Waals surface area contributed by atoms with E-state index in [1.165, 1.54) is 11.1 Å². The number of nitrogens with one attached hydrogen (secondary N) is 1. The molecule has 4 heteroatoms. The Morgan fingerprint density at radius 2 is 2.12 bits per heavy atom. The molecule has 2 aromatic heterocycles. The third kappa shape index (κ3) is 3.20. The van der Waals surface area contributed by atoms with Crippen LogP contribution in [0.2, 0.25) is 0 Å². The zero-order valence-corrected chi connectivity index (χ0v) is 10.6. The summed E-state index contributed by atoms with van der Waals surface area (Å²) >= 11 is 0. The van der Waals surface area contributed by atoms with E-state index in [1.54, 1.807) is 0 Å². The Morgan fingerprint density at radius 3 is 2.82 bits per heavy atom. The van der Waals surface area contributed by atoms with Crippen LogP contribution in [0, 0.1) is 0 Å². The molecule has 0 aliphatic carbocycles. The first kappa shape index (κ1) is 11.9. The molecule has 2 heterocycles. The van der Waals surface area contributed by atoms with Gasteiger partial charge in [0.2, 0.25) is 0 Å². The van der Waals surface area contributed by atoms with Crippen LogP contribution in [0.15, 0.2) is 30.9 Å². The Hall–Kier alpha value is -1.55. The van der Waals surface area contributed by atoms with Gasteiger partial charge in [0.25, 0.3) is 0 Å². The molecule has 0 aliphatic heterocycles. The molecule has 0 aliphatic rings. The van der Waals surface area contributed by atoms with E-state index in [0.29, 0.717) is 0 Å². The summed E-state index contributed by atoms with van der Waals surface area (Å²) in [5.74, 6) is 0. The summed E-state index contributed by atoms with van der Waals surface area (Å²) in [5, 5.41) is 7.60. The molecule has 0 amide bonds. The Balaban J connectivity index is 1.96. The van der Waals surface area contributed by atoms with E-state index >= 15 is 0 Å². The Morgan fingerprint density at radius 1 is 1.24 bits per heavy atom. The van der Waals surface area contributed by atoms with Crippen molar-refractivity contribution >= 4 is 0 Å². The Labute approximate surface area is 102 Å². The van der Waals surface area contributed by atoms with Gasteiger partial charge in [-0.05, 0) is 25.1 Å². The molecule has 0 aromatic carbocycles. The van der Waals surface area contributed by atoms with Gasteiger partial charge in [0.15, 0.2) is 0 Å². The van der Waals surface area contributed by atoms with Gasteiger partial charge in [-0.1, -0.05) is 6.92 Å². The molecule has 2 rings (SSSR count). The largest absolute Gasteiger partial charge is 0.349 e. The standard InChI is InChI=1S/C13H20N4/c1-3-14-7-12-5-6-16(9-12)10-13-8-15-17(4-2)11-13/h5-6,8-9,11,14H,3-4,7,10H2,1-2H3. The molecule has 0 unspecified atom stereocenters. The number of rotatable bonds is 6. The van der Waals surface area contributed by atoms with Crippen molar-refractivity contribution in [2.75, 3.05) is 6.54 Å². The molecule has 0 fully saturated rings. The highest BCUT2D eigenvalue weighted by molar-refractivity contribution is 5.13. The van der Waals surface area contributed by atoms with Crippen molar-refractivity contribution in [3.8, 4) is 0 Å². The average molecular weight is 232 g/mol. The van der Waals surface area contributed by atoms with Gasteiger partial charge < -0.3 is 9.88 Å². The summed E-state index contributed by atoms with van der Waals surface area (Å²) in [6.45, 7) is 7.99. The van der Waals surface area contributed by atoms with E-state index in [1.807, 2.05) is 10.9 Å². The molecule has 2 aromatic rings. The minimum atomic E-state index is 0.895. The average Bonchev–Trinajstić information content (AvgIpc) is 2.96. The number of aryl methyl sites for hydroxylation is 1. The molecule has 0 radical (unpaired) electrons. The first-order valence-corrected chi connectivity index (χ1v) is 6.18. The Bertz CT molecular complexity index is 455. The van der Waals surface area contributed by atoms with Crippen molar-refractivity contribution in [1.29, 1.82) is 0 Å². The van der Waals surface area contributed by atoms with Gasteiger partial charge in [-0.15, -0.1) is 0 Å². The third-order valence-corrected chi connectivity index (χ3v) is 2.77. The lowest BCUT2D eigenvalue weighted by molar-refractivity contribution is 0.658. The smallest absolute Gasteiger partial charge is 0.0539 e. The number of hydrogen-bond donors (Lipinski definition) is 1. The maximum atomic E-state index is 4.28. The minimum absolute atomic E-state index is 0.895. The van der Waals surface area contributed by atoms with Crippen LogP contribution in [0.25, 0.3) is 0 Å². The lowest BCUT2D eigenvalue weighted by atomic mass is 10.3. The van der Waals surface area contributed by atoms with Gasteiger partial charge in [-0.3, -0.25) is 4.68 Å². The van der Waals surface area contributed by atoms with E-state index < -0.39 is 0 Å². The van der Waals surface area contributed by atoms with Crippen LogP contribution >= 0.6 is 0 Å². The Kier molecular flexibility index (Phi) is 3.98. The first-order valence-electron chi connectivity index (χ1n) is 6.18. The van der Waals surface area contributed by atoms with Crippen molar-refractivity contribution < 1.29 is 0 Å². The van der Waals surface area contributed by atoms with E-state index in [-0.39, 0.29) is 0 Å². The van der Waals surface area contributed by atoms with E-state index in [0.717, 1.165) is 26.2 Å². The van der Waals surface area contributed by atoms with Crippen molar-refractivity contribution in [1.82, 2.24) is 19.7 Å². The maximum absolute atomic E-state index is 4.28. The van der Waals surface area contributed by atoms with Crippen molar-refractivity contribution in [3.63, 3.8) is 0 Å². The van der Waals surface area contributed by atoms with E-state index in [4.69, 9.17) is 0 Å². The van der Waals surface area contributed by atoms with Crippen LogP contribution in [0.4, 0.5) is 0 Å². The summed E-state index contributed by atoms with van der Waals surface area (Å²) in [6, 6.07) is 2.16. The lowest BCUT2D eigenvalue weighted by Gasteiger charge is -2.00. The van der Waals surface area contributed by atoms with Crippen LogP contribution in [0.1, 0.15) is 25.0 Å². The van der Waals surface area contributed by atoms with Crippen molar-refractivity contribution in [3.05, 3.63) is 42.0 Å². The van der Waals surface area contributed by atoms with Gasteiger partial charge in [0.05, 0.1) is 12.7 Å². The minimum Gasteiger partial charge on any atom is -0.349 e. The maximum Gasteiger partial charge on any atom is 0.0539 e. The molecular formula is C13H20N4. The molecule has 0 bridgehead atoms. The molecule has 4 nitrogen and oxygen atoms in total. The predicted molar refractivity (Wildman–Crippen MR) is 68.8 cm³/mol. The summed E-state index contributed by atoms with van der Waals surface area (Å²) in [4.78, 5) is 0. The molecule has 0 saturated heterocycles. The first-order chi connectivity index (χ1) is 8.31. The molecule has 17 heavy (non-hydrogen) atoms. The fourth-order valence-corrected chi connectivity index (χ4v) is 1.83. The van der Waals surface area contributed by atoms with Gasteiger partial charge in [-0.2, -0.15) is 5.10 Å². The summed E-state index contributed by atoms with van der Waals surface area (Å²) < 4.78 is 4.15. The van der Waals surface area contributed by atoms with Crippen LogP contribution < -0.4 is 5.32 Å². The van der Waals surface area contributed by atoms with Gasteiger partial charge in [0, 0.05) is 37.2 Å². The van der Waals surface area contributed by atoms with Crippen molar-refractivity contribution in [2.24, 2.45) is 0 Å². The topological polar surface area (TPSA) is 34.8 Å². The quantitative estimate of drug-likeness (QED) is 0.825. The van der Waals surface area contributed by atoms with Gasteiger partial charge >= 0.3 is 0 Å². The fraction of sp³-hybridized carbons (Fsp3) is 0.462. The second kappa shape index (κ2) is 5.68. The van der Waals surface area contributed by atoms with Crippen LogP contribution in [-0.2, 0) is 19.6 Å². The van der Waals surface area contributed by atoms with Gasteiger partial charge in [-0.25, -0.2) is 0 Å². The summed E-state index contributed by atoms with van der Waals surface area (Å²) in [6.07, 6.45) is 8.35. The number of aromatic nitrogens is 3. The number of hydrogen-bond acceptors (Lipinski definition) is 2. The lowest BCUT2D eigenvalue weighted by Crippen LogP contribution is -2.11. The molecule has 0 spiro atoms. The van der Waals surface area contributed by atoms with Crippen molar-refractivity contribution in [2.45, 2.75) is 33.5 Å². The molecule has 92 valence electrons. The highest BCUT2D eigenvalue weighted by Crippen LogP contribution is 2.06. The second-order valence-electron chi connectivity index (χ2n) is 4.18. The zero-order valence-electron chi connectivity index (χ0n) is 10.6. The van der Waals surface area contributed by atoms with Gasteiger partial charge in [0.1, 0.15) is 0 Å². The monoisotopic (exact) mass is 232 g/mol. The fourth-order valence-electron chi connectivity index (χ4n) is 1.83. The molecular weight excluding hydrogens is 212 g/mol. The molecule has 1 N–H and O–H groups in total. The highest BCUT2D eigenvalue weighted by Gasteiger charge is 2.00. The zero-order chi connectivity index (χ0) is 12.1. The predicted octanol–water partition coefficient (Wildman–Crippen LogP) is 1.86. The van der Waals surface area contributed by atoms with Crippen LogP contribution in [0.5, 0.6) is 0 Å². The SMILES string of the molecule is CCNCc1ccn(Cc2cnn(CC)c2)c1. The number of nitrogens with zero attached hydrogens (tertiary/aromatic N) is 3. The van der Waals surface area contributed by atoms with E-state index in [9.17, 15) is 0 Å². The second-order valence-corrected chi connectivity index (χ2v) is 4.18. The van der Waals surface area contributed by atoms with Crippen LogP contribution in [-0.4, -0.2) is 20.9 Å². The molecule has 0 atom stereocenters. The third-order valence-electron chi connectivity index (χ3n) is 2.77. The molecule has 0 saturated carbocycles. The van der Waals surface area contributed by atoms with Crippen LogP contribution in [0.3, 0.4) is 0 Å². The summed E-state index contributed by atoms with van der Waals surface area (Å²) in [5.41, 5.74) is 2.58.